The van der Waals surface area contributed by atoms with Crippen LogP contribution >= 0.6 is 0 Å². The average molecular weight is 318 g/mol. The van der Waals surface area contributed by atoms with Gasteiger partial charge in [-0.1, -0.05) is 72.8 Å². The molecule has 0 saturated carbocycles. The van der Waals surface area contributed by atoms with Crippen molar-refractivity contribution < 1.29 is 4.79 Å². The fourth-order valence-corrected chi connectivity index (χ4v) is 3.83. The zero-order valence-corrected chi connectivity index (χ0v) is 13.7. The average Bonchev–Trinajstić information content (AvgIpc) is 2.90. The van der Waals surface area contributed by atoms with Crippen molar-refractivity contribution in [1.29, 1.82) is 0 Å². The third-order valence-corrected chi connectivity index (χ3v) is 5.05. The Morgan fingerprint density at radius 1 is 0.708 bits per heavy atom. The van der Waals surface area contributed by atoms with E-state index in [1.54, 1.807) is 0 Å². The molecule has 2 atom stereocenters. The van der Waals surface area contributed by atoms with E-state index in [0.29, 0.717) is 13.1 Å². The van der Waals surface area contributed by atoms with Crippen molar-refractivity contribution in [2.24, 2.45) is 0 Å². The van der Waals surface area contributed by atoms with Gasteiger partial charge < -0.3 is 9.80 Å². The van der Waals surface area contributed by atoms with Crippen molar-refractivity contribution in [3.05, 3.63) is 83.9 Å². The molecule has 2 aliphatic rings. The van der Waals surface area contributed by atoms with Gasteiger partial charge in [0.1, 0.15) is 0 Å². The second-order valence-electron chi connectivity index (χ2n) is 6.59. The molecule has 3 nitrogen and oxygen atoms in total. The molecule has 1 saturated heterocycles. The number of carbonyl (C=O) groups excluding carboxylic acids is 1. The third-order valence-electron chi connectivity index (χ3n) is 5.05. The Hall–Kier alpha value is -2.55. The zero-order valence-electron chi connectivity index (χ0n) is 13.7. The molecule has 1 fully saturated rings. The number of fused-ring (bicyclic) bond motifs is 1. The maximum Gasteiger partial charge on any atom is 0.321 e. The molecule has 0 N–H and O–H groups in total. The standard InChI is InChI=1S/C21H22N2O/c24-21-22(15-17-9-3-1-4-10-17)19-13-7-8-14-20(19)23(21)16-18-11-5-2-6-12-18/h1-12,19-20H,13-16H2/t19-,20-/m0/s1. The minimum Gasteiger partial charge on any atom is -0.315 e. The molecule has 0 spiro atoms. The molecule has 2 aromatic rings. The second-order valence-corrected chi connectivity index (χ2v) is 6.59. The minimum atomic E-state index is 0.168. The summed E-state index contributed by atoms with van der Waals surface area (Å²) in [5, 5.41) is 0. The van der Waals surface area contributed by atoms with Crippen LogP contribution in [0.5, 0.6) is 0 Å². The summed E-state index contributed by atoms with van der Waals surface area (Å²) in [6.07, 6.45) is 6.35. The highest BCUT2D eigenvalue weighted by Crippen LogP contribution is 2.33. The Kier molecular flexibility index (Phi) is 4.08. The molecule has 0 aromatic heterocycles. The Bertz CT molecular complexity index is 665. The Morgan fingerprint density at radius 3 is 1.54 bits per heavy atom. The van der Waals surface area contributed by atoms with Crippen molar-refractivity contribution in [2.75, 3.05) is 0 Å². The van der Waals surface area contributed by atoms with Gasteiger partial charge in [-0.2, -0.15) is 0 Å². The Balaban J connectivity index is 1.59. The zero-order chi connectivity index (χ0) is 16.4. The van der Waals surface area contributed by atoms with Crippen molar-refractivity contribution in [3.63, 3.8) is 0 Å². The van der Waals surface area contributed by atoms with Crippen LogP contribution in [-0.4, -0.2) is 27.9 Å². The normalized spacial score (nSPS) is 22.8. The van der Waals surface area contributed by atoms with Gasteiger partial charge in [0.05, 0.1) is 12.1 Å². The molecule has 3 heteroatoms. The third kappa shape index (κ3) is 2.82. The molecule has 1 aliphatic carbocycles. The van der Waals surface area contributed by atoms with Crippen LogP contribution < -0.4 is 0 Å². The van der Waals surface area contributed by atoms with E-state index in [9.17, 15) is 4.79 Å². The summed E-state index contributed by atoms with van der Waals surface area (Å²) in [6.45, 7) is 1.39. The van der Waals surface area contributed by atoms with Gasteiger partial charge in [-0.05, 0) is 24.0 Å². The maximum absolute atomic E-state index is 13.1. The van der Waals surface area contributed by atoms with Gasteiger partial charge >= 0.3 is 6.03 Å². The predicted octanol–water partition coefficient (Wildman–Crippen LogP) is 4.21. The van der Waals surface area contributed by atoms with E-state index in [1.807, 2.05) is 36.4 Å². The van der Waals surface area contributed by atoms with Crippen LogP contribution in [0.2, 0.25) is 0 Å². The Labute approximate surface area is 143 Å². The molecule has 4 rings (SSSR count). The highest BCUT2D eigenvalue weighted by molar-refractivity contribution is 5.78. The summed E-state index contributed by atoms with van der Waals surface area (Å²) >= 11 is 0. The van der Waals surface area contributed by atoms with E-state index in [1.165, 1.54) is 11.1 Å². The number of rotatable bonds is 4. The number of benzene rings is 2. The molecular weight excluding hydrogens is 296 g/mol. The molecule has 0 bridgehead atoms. The number of hydrogen-bond acceptors (Lipinski definition) is 1. The topological polar surface area (TPSA) is 23.6 Å². The van der Waals surface area contributed by atoms with E-state index in [0.717, 1.165) is 12.8 Å². The Morgan fingerprint density at radius 2 is 1.12 bits per heavy atom. The molecule has 24 heavy (non-hydrogen) atoms. The highest BCUT2D eigenvalue weighted by Gasteiger charge is 2.45. The van der Waals surface area contributed by atoms with Crippen LogP contribution in [0, 0.1) is 0 Å². The first kappa shape index (κ1) is 15.0. The van der Waals surface area contributed by atoms with E-state index in [-0.39, 0.29) is 18.1 Å². The lowest BCUT2D eigenvalue weighted by atomic mass is 9.95. The number of nitrogens with zero attached hydrogens (tertiary/aromatic N) is 2. The largest absolute Gasteiger partial charge is 0.321 e. The van der Waals surface area contributed by atoms with E-state index < -0.39 is 0 Å². The first-order chi connectivity index (χ1) is 11.8. The second kappa shape index (κ2) is 6.52. The van der Waals surface area contributed by atoms with Crippen molar-refractivity contribution in [1.82, 2.24) is 9.80 Å². The van der Waals surface area contributed by atoms with Crippen LogP contribution in [0.4, 0.5) is 4.79 Å². The van der Waals surface area contributed by atoms with E-state index in [2.05, 4.69) is 46.2 Å². The summed E-state index contributed by atoms with van der Waals surface area (Å²) in [7, 11) is 0. The van der Waals surface area contributed by atoms with Crippen LogP contribution in [0.25, 0.3) is 0 Å². The lowest BCUT2D eigenvalue weighted by molar-refractivity contribution is 0.181. The molecule has 2 aromatic carbocycles. The summed E-state index contributed by atoms with van der Waals surface area (Å²) in [6, 6.07) is 21.3. The van der Waals surface area contributed by atoms with Crippen LogP contribution in [0.1, 0.15) is 24.0 Å². The van der Waals surface area contributed by atoms with Gasteiger partial charge in [-0.3, -0.25) is 0 Å². The van der Waals surface area contributed by atoms with Gasteiger partial charge in [0.15, 0.2) is 0 Å². The fourth-order valence-electron chi connectivity index (χ4n) is 3.83. The van der Waals surface area contributed by atoms with Gasteiger partial charge in [-0.25, -0.2) is 4.79 Å². The monoisotopic (exact) mass is 318 g/mol. The highest BCUT2D eigenvalue weighted by atomic mass is 16.2. The van der Waals surface area contributed by atoms with Crippen LogP contribution in [0.15, 0.2) is 72.8 Å². The quantitative estimate of drug-likeness (QED) is 0.775. The number of urea groups is 1. The lowest BCUT2D eigenvalue weighted by Gasteiger charge is -2.29. The summed E-state index contributed by atoms with van der Waals surface area (Å²) in [4.78, 5) is 17.2. The molecule has 0 radical (unpaired) electrons. The molecular formula is C21H22N2O. The first-order valence-corrected chi connectivity index (χ1v) is 8.63. The smallest absolute Gasteiger partial charge is 0.315 e. The van der Waals surface area contributed by atoms with Crippen LogP contribution in [0.3, 0.4) is 0 Å². The predicted molar refractivity (Wildman–Crippen MR) is 95.3 cm³/mol. The fraction of sp³-hybridized carbons (Fsp3) is 0.286. The van der Waals surface area contributed by atoms with Crippen molar-refractivity contribution >= 4 is 6.03 Å². The summed E-state index contributed by atoms with van der Waals surface area (Å²) in [5.74, 6) is 0. The first-order valence-electron chi connectivity index (χ1n) is 8.63. The van der Waals surface area contributed by atoms with Gasteiger partial charge in [0.2, 0.25) is 0 Å². The summed E-state index contributed by atoms with van der Waals surface area (Å²) in [5.41, 5.74) is 2.39. The molecule has 2 amide bonds. The van der Waals surface area contributed by atoms with Gasteiger partial charge in [0, 0.05) is 13.1 Å². The molecule has 1 aliphatic heterocycles. The van der Waals surface area contributed by atoms with Crippen LogP contribution in [-0.2, 0) is 13.1 Å². The SMILES string of the molecule is O=C1N(Cc2ccccc2)[C@H]2CC=CC[C@@H]2N1Cc1ccccc1. The number of amides is 2. The van der Waals surface area contributed by atoms with Gasteiger partial charge in [0.25, 0.3) is 0 Å². The lowest BCUT2D eigenvalue weighted by Crippen LogP contribution is -2.38. The van der Waals surface area contributed by atoms with Gasteiger partial charge in [-0.15, -0.1) is 0 Å². The number of hydrogen-bond donors (Lipinski definition) is 0. The minimum absolute atomic E-state index is 0.168. The van der Waals surface area contributed by atoms with Crippen molar-refractivity contribution in [3.8, 4) is 0 Å². The molecule has 1 heterocycles. The maximum atomic E-state index is 13.1. The molecule has 122 valence electrons. The van der Waals surface area contributed by atoms with E-state index >= 15 is 0 Å². The van der Waals surface area contributed by atoms with E-state index in [4.69, 9.17) is 0 Å². The van der Waals surface area contributed by atoms with Crippen molar-refractivity contribution in [2.45, 2.75) is 38.0 Å². The molecule has 0 unspecified atom stereocenters. The summed E-state index contributed by atoms with van der Waals surface area (Å²) < 4.78 is 0. The number of carbonyl (C=O) groups is 1.